The van der Waals surface area contributed by atoms with Gasteiger partial charge in [0, 0.05) is 6.04 Å². The van der Waals surface area contributed by atoms with Crippen molar-refractivity contribution in [3.05, 3.63) is 29.8 Å². The fraction of sp³-hybridized carbons (Fsp3) is 0.625. The topological polar surface area (TPSA) is 21.3 Å². The molecule has 1 aromatic rings. The van der Waals surface area contributed by atoms with Gasteiger partial charge in [0.2, 0.25) is 0 Å². The van der Waals surface area contributed by atoms with E-state index >= 15 is 0 Å². The van der Waals surface area contributed by atoms with E-state index in [9.17, 15) is 0 Å². The van der Waals surface area contributed by atoms with Crippen LogP contribution in [0.25, 0.3) is 0 Å². The van der Waals surface area contributed by atoms with Gasteiger partial charge in [-0.3, -0.25) is 0 Å². The SMILES string of the molecule is CCCNC(Cc1ccc(OC)cc1)CC1CC1. The lowest BCUT2D eigenvalue weighted by Crippen LogP contribution is -2.32. The molecule has 0 spiro atoms. The summed E-state index contributed by atoms with van der Waals surface area (Å²) in [6.07, 6.45) is 6.57. The van der Waals surface area contributed by atoms with E-state index in [1.165, 1.54) is 31.2 Å². The minimum atomic E-state index is 0.644. The van der Waals surface area contributed by atoms with Crippen LogP contribution in [0.2, 0.25) is 0 Å². The summed E-state index contributed by atoms with van der Waals surface area (Å²) in [6, 6.07) is 9.14. The van der Waals surface area contributed by atoms with Gasteiger partial charge in [0.05, 0.1) is 7.11 Å². The van der Waals surface area contributed by atoms with Crippen molar-refractivity contribution in [1.82, 2.24) is 5.32 Å². The summed E-state index contributed by atoms with van der Waals surface area (Å²) in [5.41, 5.74) is 1.41. The highest BCUT2D eigenvalue weighted by Gasteiger charge is 2.25. The van der Waals surface area contributed by atoms with Crippen molar-refractivity contribution in [1.29, 1.82) is 0 Å². The zero-order chi connectivity index (χ0) is 12.8. The van der Waals surface area contributed by atoms with Crippen molar-refractivity contribution >= 4 is 0 Å². The number of rotatable bonds is 8. The first-order valence-corrected chi connectivity index (χ1v) is 7.18. The minimum absolute atomic E-state index is 0.644. The van der Waals surface area contributed by atoms with Crippen LogP contribution in [0.4, 0.5) is 0 Å². The van der Waals surface area contributed by atoms with Gasteiger partial charge in [-0.25, -0.2) is 0 Å². The third-order valence-electron chi connectivity index (χ3n) is 3.64. The van der Waals surface area contributed by atoms with Gasteiger partial charge in [0.1, 0.15) is 5.75 Å². The van der Waals surface area contributed by atoms with Crippen LogP contribution in [-0.4, -0.2) is 19.7 Å². The second kappa shape index (κ2) is 6.79. The summed E-state index contributed by atoms with van der Waals surface area (Å²) in [5.74, 6) is 1.93. The van der Waals surface area contributed by atoms with Crippen molar-refractivity contribution in [2.75, 3.05) is 13.7 Å². The fourth-order valence-electron chi connectivity index (χ4n) is 2.39. The summed E-state index contributed by atoms with van der Waals surface area (Å²) < 4.78 is 5.20. The van der Waals surface area contributed by atoms with Crippen molar-refractivity contribution in [3.8, 4) is 5.75 Å². The molecule has 100 valence electrons. The van der Waals surface area contributed by atoms with E-state index in [1.54, 1.807) is 7.11 Å². The predicted molar refractivity (Wildman–Crippen MR) is 76.1 cm³/mol. The molecule has 18 heavy (non-hydrogen) atoms. The third kappa shape index (κ3) is 4.34. The van der Waals surface area contributed by atoms with Gasteiger partial charge in [-0.05, 0) is 49.4 Å². The maximum atomic E-state index is 5.20. The number of hydrogen-bond donors (Lipinski definition) is 1. The molecule has 2 heteroatoms. The van der Waals surface area contributed by atoms with Gasteiger partial charge in [0.15, 0.2) is 0 Å². The second-order valence-corrected chi connectivity index (χ2v) is 5.38. The molecule has 0 bridgehead atoms. The van der Waals surface area contributed by atoms with Crippen molar-refractivity contribution in [3.63, 3.8) is 0 Å². The Morgan fingerprint density at radius 1 is 1.28 bits per heavy atom. The van der Waals surface area contributed by atoms with Crippen LogP contribution in [0.3, 0.4) is 0 Å². The van der Waals surface area contributed by atoms with Crippen molar-refractivity contribution in [2.45, 2.75) is 45.1 Å². The van der Waals surface area contributed by atoms with Crippen molar-refractivity contribution < 1.29 is 4.74 Å². The molecule has 0 aromatic heterocycles. The molecule has 2 rings (SSSR count). The van der Waals surface area contributed by atoms with Crippen LogP contribution in [0.1, 0.15) is 38.2 Å². The average Bonchev–Trinajstić information content (AvgIpc) is 3.21. The van der Waals surface area contributed by atoms with Gasteiger partial charge in [-0.15, -0.1) is 0 Å². The zero-order valence-corrected chi connectivity index (χ0v) is 11.6. The lowest BCUT2D eigenvalue weighted by atomic mass is 10.0. The Bertz CT molecular complexity index is 343. The smallest absolute Gasteiger partial charge is 0.118 e. The number of benzene rings is 1. The first-order valence-electron chi connectivity index (χ1n) is 7.18. The predicted octanol–water partition coefficient (Wildman–Crippen LogP) is 3.41. The Balaban J connectivity index is 1.88. The van der Waals surface area contributed by atoms with E-state index in [0.29, 0.717) is 6.04 Å². The molecule has 1 saturated carbocycles. The highest BCUT2D eigenvalue weighted by molar-refractivity contribution is 5.27. The van der Waals surface area contributed by atoms with Crippen molar-refractivity contribution in [2.24, 2.45) is 5.92 Å². The maximum Gasteiger partial charge on any atom is 0.118 e. The lowest BCUT2D eigenvalue weighted by molar-refractivity contribution is 0.414. The molecule has 1 aliphatic rings. The molecule has 1 fully saturated rings. The Kier molecular flexibility index (Phi) is 5.06. The highest BCUT2D eigenvalue weighted by Crippen LogP contribution is 2.34. The molecule has 2 nitrogen and oxygen atoms in total. The van der Waals surface area contributed by atoms with Crippen LogP contribution >= 0.6 is 0 Å². The standard InChI is InChI=1S/C16H25NO/c1-3-10-17-15(11-13-4-5-13)12-14-6-8-16(18-2)9-7-14/h6-9,13,15,17H,3-5,10-12H2,1-2H3. The normalized spacial score (nSPS) is 16.6. The van der Waals surface area contributed by atoms with Crippen LogP contribution in [0.5, 0.6) is 5.75 Å². The van der Waals surface area contributed by atoms with E-state index in [4.69, 9.17) is 4.74 Å². The van der Waals surface area contributed by atoms with Gasteiger partial charge < -0.3 is 10.1 Å². The quantitative estimate of drug-likeness (QED) is 0.760. The number of nitrogens with one attached hydrogen (secondary N) is 1. The summed E-state index contributed by atoms with van der Waals surface area (Å²) in [7, 11) is 1.72. The number of hydrogen-bond acceptors (Lipinski definition) is 2. The fourth-order valence-corrected chi connectivity index (χ4v) is 2.39. The molecule has 1 unspecified atom stereocenters. The monoisotopic (exact) mass is 247 g/mol. The Morgan fingerprint density at radius 3 is 2.56 bits per heavy atom. The van der Waals surface area contributed by atoms with Gasteiger partial charge in [0.25, 0.3) is 0 Å². The van der Waals surface area contributed by atoms with Gasteiger partial charge in [-0.2, -0.15) is 0 Å². The molecular weight excluding hydrogens is 222 g/mol. The molecule has 1 aliphatic carbocycles. The number of ether oxygens (including phenoxy) is 1. The Hall–Kier alpha value is -1.02. The molecule has 0 amide bonds. The van der Waals surface area contributed by atoms with E-state index < -0.39 is 0 Å². The molecule has 1 aromatic carbocycles. The van der Waals surface area contributed by atoms with Crippen LogP contribution in [-0.2, 0) is 6.42 Å². The van der Waals surface area contributed by atoms with E-state index in [1.807, 2.05) is 0 Å². The first kappa shape index (κ1) is 13.4. The highest BCUT2D eigenvalue weighted by atomic mass is 16.5. The summed E-state index contributed by atoms with van der Waals surface area (Å²) in [6.45, 7) is 3.36. The Labute approximate surface area is 111 Å². The molecule has 0 heterocycles. The molecule has 0 aliphatic heterocycles. The summed E-state index contributed by atoms with van der Waals surface area (Å²) >= 11 is 0. The summed E-state index contributed by atoms with van der Waals surface area (Å²) in [5, 5.41) is 3.69. The maximum absolute atomic E-state index is 5.20. The third-order valence-corrected chi connectivity index (χ3v) is 3.64. The van der Waals surface area contributed by atoms with Crippen LogP contribution < -0.4 is 10.1 Å². The molecule has 1 atom stereocenters. The minimum Gasteiger partial charge on any atom is -0.497 e. The average molecular weight is 247 g/mol. The second-order valence-electron chi connectivity index (χ2n) is 5.38. The van der Waals surface area contributed by atoms with E-state index in [2.05, 4.69) is 36.5 Å². The molecule has 1 N–H and O–H groups in total. The molecule has 0 saturated heterocycles. The van der Waals surface area contributed by atoms with Crippen LogP contribution in [0.15, 0.2) is 24.3 Å². The largest absolute Gasteiger partial charge is 0.497 e. The Morgan fingerprint density at radius 2 is 2.00 bits per heavy atom. The van der Waals surface area contributed by atoms with E-state index in [0.717, 1.165) is 24.6 Å². The molecule has 0 radical (unpaired) electrons. The van der Waals surface area contributed by atoms with E-state index in [-0.39, 0.29) is 0 Å². The lowest BCUT2D eigenvalue weighted by Gasteiger charge is -2.18. The molecular formula is C16H25NO. The van der Waals surface area contributed by atoms with Gasteiger partial charge >= 0.3 is 0 Å². The first-order chi connectivity index (χ1) is 8.81. The van der Waals surface area contributed by atoms with Gasteiger partial charge in [-0.1, -0.05) is 31.9 Å². The van der Waals surface area contributed by atoms with Crippen LogP contribution in [0, 0.1) is 5.92 Å². The number of methoxy groups -OCH3 is 1. The zero-order valence-electron chi connectivity index (χ0n) is 11.6. The summed E-state index contributed by atoms with van der Waals surface area (Å²) in [4.78, 5) is 0.